The summed E-state index contributed by atoms with van der Waals surface area (Å²) in [6.07, 6.45) is 1.30. The van der Waals surface area contributed by atoms with E-state index in [0.717, 1.165) is 24.1 Å². The molecule has 1 heterocycles. The summed E-state index contributed by atoms with van der Waals surface area (Å²) < 4.78 is 0. The molecular weight excluding hydrogens is 238 g/mol. The van der Waals surface area contributed by atoms with Gasteiger partial charge < -0.3 is 10.0 Å². The fourth-order valence-electron chi connectivity index (χ4n) is 2.70. The van der Waals surface area contributed by atoms with Gasteiger partial charge in [0.25, 0.3) is 0 Å². The molecule has 0 aliphatic carbocycles. The number of hydrogen-bond donors (Lipinski definition) is 1. The molecule has 1 N–H and O–H groups in total. The summed E-state index contributed by atoms with van der Waals surface area (Å²) in [5, 5.41) is 9.02. The van der Waals surface area contributed by atoms with Crippen LogP contribution in [0.4, 0.5) is 0 Å². The van der Waals surface area contributed by atoms with Gasteiger partial charge in [-0.1, -0.05) is 42.5 Å². The highest BCUT2D eigenvalue weighted by Gasteiger charge is 2.33. The van der Waals surface area contributed by atoms with Crippen molar-refractivity contribution >= 4 is 5.91 Å². The molecule has 19 heavy (non-hydrogen) atoms. The molecule has 0 aromatic heterocycles. The Morgan fingerprint density at radius 3 is 2.79 bits per heavy atom. The van der Waals surface area contributed by atoms with Gasteiger partial charge in [0.1, 0.15) is 0 Å². The van der Waals surface area contributed by atoms with Gasteiger partial charge in [0.2, 0.25) is 5.91 Å². The molecule has 1 aromatic rings. The van der Waals surface area contributed by atoms with E-state index in [9.17, 15) is 4.79 Å². The van der Waals surface area contributed by atoms with Crippen LogP contribution in [-0.2, 0) is 4.79 Å². The number of hydrogen-bond acceptors (Lipinski definition) is 2. The minimum Gasteiger partial charge on any atom is -0.392 e. The van der Waals surface area contributed by atoms with Crippen molar-refractivity contribution in [3.63, 3.8) is 0 Å². The quantitative estimate of drug-likeness (QED) is 0.825. The first kappa shape index (κ1) is 13.8. The molecule has 3 heteroatoms. The van der Waals surface area contributed by atoms with E-state index in [0.29, 0.717) is 12.3 Å². The van der Waals surface area contributed by atoms with E-state index in [4.69, 9.17) is 5.11 Å². The van der Waals surface area contributed by atoms with Gasteiger partial charge in [-0.25, -0.2) is 0 Å². The average Bonchev–Trinajstić information content (AvgIpc) is 2.79. The van der Waals surface area contributed by atoms with Crippen molar-refractivity contribution in [2.75, 3.05) is 13.2 Å². The van der Waals surface area contributed by atoms with Gasteiger partial charge in [-0.15, -0.1) is 0 Å². The zero-order valence-corrected chi connectivity index (χ0v) is 11.4. The molecule has 2 atom stereocenters. The molecule has 1 saturated heterocycles. The maximum absolute atomic E-state index is 12.1. The Balaban J connectivity index is 2.02. The molecule has 0 saturated carbocycles. The third-order valence-electron chi connectivity index (χ3n) is 3.79. The molecule has 1 amide bonds. The zero-order valence-electron chi connectivity index (χ0n) is 11.4. The Morgan fingerprint density at radius 1 is 1.47 bits per heavy atom. The van der Waals surface area contributed by atoms with E-state index in [1.165, 1.54) is 0 Å². The summed E-state index contributed by atoms with van der Waals surface area (Å²) in [6, 6.07) is 10.2. The number of aliphatic hydroxyl groups excluding tert-OH is 1. The predicted octanol–water partition coefficient (Wildman–Crippen LogP) is 2.53. The number of likely N-dealkylation sites (tertiary alicyclic amines) is 1. The predicted molar refractivity (Wildman–Crippen MR) is 75.5 cm³/mol. The number of carbonyl (C=O) groups is 1. The van der Waals surface area contributed by atoms with Crippen molar-refractivity contribution in [3.8, 4) is 0 Å². The molecule has 1 fully saturated rings. The lowest BCUT2D eigenvalue weighted by Gasteiger charge is -2.25. The van der Waals surface area contributed by atoms with Crippen LogP contribution in [0.3, 0.4) is 0 Å². The number of carbonyl (C=O) groups excluding carboxylic acids is 1. The smallest absolute Gasteiger partial charge is 0.223 e. The van der Waals surface area contributed by atoms with Crippen LogP contribution in [0.1, 0.15) is 31.4 Å². The molecule has 1 aliphatic rings. The topological polar surface area (TPSA) is 40.5 Å². The second kappa shape index (κ2) is 6.02. The Labute approximate surface area is 114 Å². The highest BCUT2D eigenvalue weighted by Crippen LogP contribution is 2.30. The molecule has 0 unspecified atom stereocenters. The van der Waals surface area contributed by atoms with Crippen LogP contribution in [0.15, 0.2) is 42.5 Å². The summed E-state index contributed by atoms with van der Waals surface area (Å²) in [6.45, 7) is 6.65. The van der Waals surface area contributed by atoms with E-state index >= 15 is 0 Å². The second-order valence-corrected chi connectivity index (χ2v) is 5.32. The molecule has 1 aromatic carbocycles. The molecular formula is C16H21NO2. The minimum atomic E-state index is 0.0128. The van der Waals surface area contributed by atoms with Crippen molar-refractivity contribution < 1.29 is 9.90 Å². The van der Waals surface area contributed by atoms with Crippen molar-refractivity contribution in [3.05, 3.63) is 48.0 Å². The van der Waals surface area contributed by atoms with Crippen molar-refractivity contribution in [2.24, 2.45) is 5.92 Å². The number of rotatable bonds is 5. The van der Waals surface area contributed by atoms with Gasteiger partial charge in [0, 0.05) is 13.0 Å². The molecule has 0 radical (unpaired) electrons. The van der Waals surface area contributed by atoms with Crippen molar-refractivity contribution in [2.45, 2.75) is 25.8 Å². The van der Waals surface area contributed by atoms with Gasteiger partial charge in [-0.3, -0.25) is 4.79 Å². The molecule has 3 nitrogen and oxygen atoms in total. The fraction of sp³-hybridized carbons (Fsp3) is 0.438. The third kappa shape index (κ3) is 3.24. The normalized spacial score (nSPS) is 20.6. The van der Waals surface area contributed by atoms with Crippen LogP contribution in [0, 0.1) is 5.92 Å². The molecule has 102 valence electrons. The maximum atomic E-state index is 12.1. The van der Waals surface area contributed by atoms with Crippen LogP contribution in [0.25, 0.3) is 0 Å². The van der Waals surface area contributed by atoms with Crippen LogP contribution >= 0.6 is 0 Å². The maximum Gasteiger partial charge on any atom is 0.223 e. The SMILES string of the molecule is C=C(CO)C[C@H]1CC(=O)N([C@H](C)c2ccccc2)C1. The Kier molecular flexibility index (Phi) is 4.38. The molecule has 0 bridgehead atoms. The third-order valence-corrected chi connectivity index (χ3v) is 3.79. The van der Waals surface area contributed by atoms with Crippen LogP contribution in [0.5, 0.6) is 0 Å². The number of nitrogens with zero attached hydrogens (tertiary/aromatic N) is 1. The zero-order chi connectivity index (χ0) is 13.8. The second-order valence-electron chi connectivity index (χ2n) is 5.32. The lowest BCUT2D eigenvalue weighted by molar-refractivity contribution is -0.129. The van der Waals surface area contributed by atoms with Crippen LogP contribution < -0.4 is 0 Å². The highest BCUT2D eigenvalue weighted by atomic mass is 16.3. The van der Waals surface area contributed by atoms with Crippen LogP contribution in [-0.4, -0.2) is 29.1 Å². The summed E-state index contributed by atoms with van der Waals surface area (Å²) in [7, 11) is 0. The van der Waals surface area contributed by atoms with E-state index in [-0.39, 0.29) is 18.6 Å². The summed E-state index contributed by atoms with van der Waals surface area (Å²) in [5.41, 5.74) is 1.98. The van der Waals surface area contributed by atoms with Crippen LogP contribution in [0.2, 0.25) is 0 Å². The Hall–Kier alpha value is -1.61. The Bertz CT molecular complexity index is 455. The summed E-state index contributed by atoms with van der Waals surface area (Å²) in [5.74, 6) is 0.491. The summed E-state index contributed by atoms with van der Waals surface area (Å²) >= 11 is 0. The van der Waals surface area contributed by atoms with E-state index in [1.807, 2.05) is 23.1 Å². The van der Waals surface area contributed by atoms with E-state index in [1.54, 1.807) is 0 Å². The molecule has 1 aliphatic heterocycles. The van der Waals surface area contributed by atoms with Crippen molar-refractivity contribution in [1.29, 1.82) is 0 Å². The van der Waals surface area contributed by atoms with Gasteiger partial charge in [0.05, 0.1) is 12.6 Å². The lowest BCUT2D eigenvalue weighted by atomic mass is 10.00. The fourth-order valence-corrected chi connectivity index (χ4v) is 2.70. The first-order valence-electron chi connectivity index (χ1n) is 6.73. The number of amides is 1. The van der Waals surface area contributed by atoms with Crippen molar-refractivity contribution in [1.82, 2.24) is 4.90 Å². The highest BCUT2D eigenvalue weighted by molar-refractivity contribution is 5.79. The average molecular weight is 259 g/mol. The Morgan fingerprint density at radius 2 is 2.16 bits per heavy atom. The molecule has 2 rings (SSSR count). The minimum absolute atomic E-state index is 0.0128. The first-order valence-corrected chi connectivity index (χ1v) is 6.73. The van der Waals surface area contributed by atoms with Gasteiger partial charge in [-0.05, 0) is 24.8 Å². The monoisotopic (exact) mass is 259 g/mol. The van der Waals surface area contributed by atoms with Gasteiger partial charge in [0.15, 0.2) is 0 Å². The lowest BCUT2D eigenvalue weighted by Crippen LogP contribution is -2.28. The van der Waals surface area contributed by atoms with Gasteiger partial charge in [-0.2, -0.15) is 0 Å². The largest absolute Gasteiger partial charge is 0.392 e. The number of aliphatic hydroxyl groups is 1. The van der Waals surface area contributed by atoms with Gasteiger partial charge >= 0.3 is 0 Å². The molecule has 0 spiro atoms. The number of benzene rings is 1. The summed E-state index contributed by atoms with van der Waals surface area (Å²) in [4.78, 5) is 14.0. The first-order chi connectivity index (χ1) is 9.11. The van der Waals surface area contributed by atoms with E-state index in [2.05, 4.69) is 25.6 Å². The standard InChI is InChI=1S/C16H21NO2/c1-12(11-18)8-14-9-16(19)17(10-14)13(2)15-6-4-3-5-7-15/h3-7,13-14,18H,1,8-11H2,2H3/t13-,14+/m1/s1. The van der Waals surface area contributed by atoms with E-state index < -0.39 is 0 Å².